The average molecular weight is 277 g/mol. The number of hydrogen-bond donors (Lipinski definition) is 1. The van der Waals surface area contributed by atoms with Gasteiger partial charge in [0.25, 0.3) is 0 Å². The Balaban J connectivity index is 1.67. The summed E-state index contributed by atoms with van der Waals surface area (Å²) < 4.78 is 11.6. The van der Waals surface area contributed by atoms with Crippen LogP contribution in [0, 0.1) is 0 Å². The van der Waals surface area contributed by atoms with Crippen LogP contribution in [0.25, 0.3) is 0 Å². The van der Waals surface area contributed by atoms with Gasteiger partial charge < -0.3 is 14.8 Å². The lowest BCUT2D eigenvalue weighted by Crippen LogP contribution is -2.21. The maximum atomic E-state index is 5.80. The van der Waals surface area contributed by atoms with Crippen molar-refractivity contribution in [1.29, 1.82) is 0 Å². The molecule has 1 aliphatic rings. The van der Waals surface area contributed by atoms with Crippen molar-refractivity contribution in [1.82, 2.24) is 5.32 Å². The highest BCUT2D eigenvalue weighted by Gasteiger charge is 2.14. The second-order valence-electron chi connectivity index (χ2n) is 5.81. The molecule has 3 nitrogen and oxygen atoms in total. The summed E-state index contributed by atoms with van der Waals surface area (Å²) in [6.45, 7) is 6.52. The molecule has 0 amide bonds. The Morgan fingerprint density at radius 3 is 2.75 bits per heavy atom. The summed E-state index contributed by atoms with van der Waals surface area (Å²) >= 11 is 0. The zero-order valence-corrected chi connectivity index (χ0v) is 12.7. The summed E-state index contributed by atoms with van der Waals surface area (Å²) in [5.41, 5.74) is 1.26. The second-order valence-corrected chi connectivity index (χ2v) is 5.81. The second kappa shape index (κ2) is 8.28. The van der Waals surface area contributed by atoms with E-state index in [0.29, 0.717) is 25.4 Å². The number of ether oxygens (including phenoxy) is 2. The standard InChI is InChI=1S/C17H27NO2/c1-14(2)18-13-15-6-5-9-17(12-15)20-11-10-19-16-7-3-4-8-16/h5-6,9,12,14,16,18H,3-4,7-8,10-11,13H2,1-2H3. The lowest BCUT2D eigenvalue weighted by molar-refractivity contribution is 0.0382. The number of benzene rings is 1. The number of nitrogens with one attached hydrogen (secondary N) is 1. The van der Waals surface area contributed by atoms with Gasteiger partial charge >= 0.3 is 0 Å². The molecular weight excluding hydrogens is 250 g/mol. The first kappa shape index (κ1) is 15.3. The molecule has 20 heavy (non-hydrogen) atoms. The third-order valence-electron chi connectivity index (χ3n) is 3.62. The normalized spacial score (nSPS) is 15.9. The fraction of sp³-hybridized carbons (Fsp3) is 0.647. The molecule has 0 atom stereocenters. The van der Waals surface area contributed by atoms with Crippen molar-refractivity contribution in [3.05, 3.63) is 29.8 Å². The Morgan fingerprint density at radius 1 is 1.20 bits per heavy atom. The highest BCUT2D eigenvalue weighted by atomic mass is 16.5. The summed E-state index contributed by atoms with van der Waals surface area (Å²) in [6.07, 6.45) is 5.54. The van der Waals surface area contributed by atoms with Gasteiger partial charge in [0.05, 0.1) is 12.7 Å². The summed E-state index contributed by atoms with van der Waals surface area (Å²) in [4.78, 5) is 0. The van der Waals surface area contributed by atoms with Crippen LogP contribution in [0.4, 0.5) is 0 Å². The summed E-state index contributed by atoms with van der Waals surface area (Å²) in [5.74, 6) is 0.933. The first-order valence-electron chi connectivity index (χ1n) is 7.81. The Bertz CT molecular complexity index is 386. The molecule has 112 valence electrons. The molecular formula is C17H27NO2. The smallest absolute Gasteiger partial charge is 0.119 e. The quantitative estimate of drug-likeness (QED) is 0.737. The van der Waals surface area contributed by atoms with E-state index in [-0.39, 0.29) is 0 Å². The van der Waals surface area contributed by atoms with Gasteiger partial charge in [-0.3, -0.25) is 0 Å². The summed E-state index contributed by atoms with van der Waals surface area (Å²) in [6, 6.07) is 8.78. The van der Waals surface area contributed by atoms with Gasteiger partial charge in [-0.15, -0.1) is 0 Å². The highest BCUT2D eigenvalue weighted by Crippen LogP contribution is 2.20. The van der Waals surface area contributed by atoms with Crippen molar-refractivity contribution < 1.29 is 9.47 Å². The third-order valence-corrected chi connectivity index (χ3v) is 3.62. The van der Waals surface area contributed by atoms with Crippen molar-refractivity contribution in [2.45, 2.75) is 58.2 Å². The van der Waals surface area contributed by atoms with E-state index in [1.807, 2.05) is 12.1 Å². The van der Waals surface area contributed by atoms with E-state index in [1.54, 1.807) is 0 Å². The van der Waals surface area contributed by atoms with Gasteiger partial charge in [-0.05, 0) is 30.5 Å². The molecule has 0 unspecified atom stereocenters. The van der Waals surface area contributed by atoms with Gasteiger partial charge in [-0.25, -0.2) is 0 Å². The monoisotopic (exact) mass is 277 g/mol. The van der Waals surface area contributed by atoms with E-state index in [0.717, 1.165) is 12.3 Å². The van der Waals surface area contributed by atoms with Crippen molar-refractivity contribution in [2.75, 3.05) is 13.2 Å². The molecule has 1 aliphatic carbocycles. The zero-order chi connectivity index (χ0) is 14.2. The molecule has 0 radical (unpaired) electrons. The molecule has 0 saturated heterocycles. The predicted octanol–water partition coefficient (Wildman–Crippen LogP) is 3.52. The van der Waals surface area contributed by atoms with Crippen LogP contribution in [0.3, 0.4) is 0 Å². The summed E-state index contributed by atoms with van der Waals surface area (Å²) in [5, 5.41) is 3.41. The molecule has 0 aliphatic heterocycles. The SMILES string of the molecule is CC(C)NCc1cccc(OCCOC2CCCC2)c1. The predicted molar refractivity (Wildman–Crippen MR) is 82.1 cm³/mol. The minimum absolute atomic E-state index is 0.472. The Hall–Kier alpha value is -1.06. The van der Waals surface area contributed by atoms with E-state index in [1.165, 1.54) is 31.2 Å². The lowest BCUT2D eigenvalue weighted by atomic mass is 10.2. The van der Waals surface area contributed by atoms with Gasteiger partial charge in [0.1, 0.15) is 12.4 Å². The lowest BCUT2D eigenvalue weighted by Gasteiger charge is -2.13. The minimum atomic E-state index is 0.472. The maximum absolute atomic E-state index is 5.80. The van der Waals surface area contributed by atoms with Crippen LogP contribution in [0.15, 0.2) is 24.3 Å². The largest absolute Gasteiger partial charge is 0.491 e. The van der Waals surface area contributed by atoms with Crippen LogP contribution < -0.4 is 10.1 Å². The van der Waals surface area contributed by atoms with Crippen molar-refractivity contribution in [3.8, 4) is 5.75 Å². The molecule has 1 fully saturated rings. The Kier molecular flexibility index (Phi) is 6.34. The van der Waals surface area contributed by atoms with Crippen molar-refractivity contribution in [3.63, 3.8) is 0 Å². The van der Waals surface area contributed by atoms with Gasteiger partial charge in [0.15, 0.2) is 0 Å². The summed E-state index contributed by atoms with van der Waals surface area (Å²) in [7, 11) is 0. The van der Waals surface area contributed by atoms with Crippen LogP contribution in [-0.4, -0.2) is 25.4 Å². The van der Waals surface area contributed by atoms with Gasteiger partial charge in [-0.1, -0.05) is 38.8 Å². The van der Waals surface area contributed by atoms with Crippen LogP contribution in [0.2, 0.25) is 0 Å². The Labute approximate surface area is 122 Å². The van der Waals surface area contributed by atoms with Crippen molar-refractivity contribution in [2.24, 2.45) is 0 Å². The molecule has 1 aromatic carbocycles. The van der Waals surface area contributed by atoms with Crippen LogP contribution in [-0.2, 0) is 11.3 Å². The average Bonchev–Trinajstić information content (AvgIpc) is 2.95. The Morgan fingerprint density at radius 2 is 2.00 bits per heavy atom. The molecule has 0 aromatic heterocycles. The fourth-order valence-corrected chi connectivity index (χ4v) is 2.50. The van der Waals surface area contributed by atoms with E-state index >= 15 is 0 Å². The van der Waals surface area contributed by atoms with Crippen molar-refractivity contribution >= 4 is 0 Å². The van der Waals surface area contributed by atoms with Crippen LogP contribution >= 0.6 is 0 Å². The zero-order valence-electron chi connectivity index (χ0n) is 12.7. The molecule has 1 N–H and O–H groups in total. The van der Waals surface area contributed by atoms with Crippen LogP contribution in [0.5, 0.6) is 5.75 Å². The number of hydrogen-bond acceptors (Lipinski definition) is 3. The topological polar surface area (TPSA) is 30.5 Å². The maximum Gasteiger partial charge on any atom is 0.119 e. The number of rotatable bonds is 8. The van der Waals surface area contributed by atoms with E-state index < -0.39 is 0 Å². The first-order valence-corrected chi connectivity index (χ1v) is 7.81. The van der Waals surface area contributed by atoms with E-state index in [9.17, 15) is 0 Å². The van der Waals surface area contributed by atoms with E-state index in [2.05, 4.69) is 31.3 Å². The minimum Gasteiger partial charge on any atom is -0.491 e. The first-order chi connectivity index (χ1) is 9.74. The van der Waals surface area contributed by atoms with Gasteiger partial charge in [0.2, 0.25) is 0 Å². The van der Waals surface area contributed by atoms with Crippen LogP contribution in [0.1, 0.15) is 45.1 Å². The fourth-order valence-electron chi connectivity index (χ4n) is 2.50. The molecule has 2 rings (SSSR count). The third kappa shape index (κ3) is 5.51. The van der Waals surface area contributed by atoms with E-state index in [4.69, 9.17) is 9.47 Å². The molecule has 0 spiro atoms. The molecule has 3 heteroatoms. The van der Waals surface area contributed by atoms with Gasteiger partial charge in [-0.2, -0.15) is 0 Å². The van der Waals surface area contributed by atoms with Gasteiger partial charge in [0, 0.05) is 12.6 Å². The molecule has 1 aromatic rings. The molecule has 0 bridgehead atoms. The molecule has 0 heterocycles. The molecule has 1 saturated carbocycles. The highest BCUT2D eigenvalue weighted by molar-refractivity contribution is 5.28.